The second-order valence-corrected chi connectivity index (χ2v) is 9.79. The summed E-state index contributed by atoms with van der Waals surface area (Å²) in [5.74, 6) is -1.92. The smallest absolute Gasteiger partial charge is 0.190 e. The Balaban J connectivity index is 1.81. The molecule has 0 aromatic rings. The molecule has 0 bridgehead atoms. The highest BCUT2D eigenvalue weighted by Gasteiger charge is 2.71. The Morgan fingerprint density at radius 3 is 2.64 bits per heavy atom. The van der Waals surface area contributed by atoms with Gasteiger partial charge in [-0.15, -0.1) is 0 Å². The summed E-state index contributed by atoms with van der Waals surface area (Å²) in [6.45, 7) is 4.71. The minimum atomic E-state index is -1.74. The van der Waals surface area contributed by atoms with Gasteiger partial charge >= 0.3 is 0 Å². The lowest BCUT2D eigenvalue weighted by Gasteiger charge is -2.60. The van der Waals surface area contributed by atoms with E-state index in [0.29, 0.717) is 12.0 Å². The van der Waals surface area contributed by atoms with Crippen LogP contribution in [0.2, 0.25) is 0 Å². The third-order valence-corrected chi connectivity index (χ3v) is 8.63. The zero-order valence-corrected chi connectivity index (χ0v) is 16.6. The largest absolute Gasteiger partial charge is 0.393 e. The van der Waals surface area contributed by atoms with Crippen LogP contribution in [0, 0.1) is 34.5 Å². The van der Waals surface area contributed by atoms with Crippen molar-refractivity contribution in [2.24, 2.45) is 34.5 Å². The molecule has 28 heavy (non-hydrogen) atoms. The summed E-state index contributed by atoms with van der Waals surface area (Å²) in [7, 11) is 0. The lowest BCUT2D eigenvalue weighted by atomic mass is 9.46. The fraction of sp³-hybridized carbons (Fsp3) is 0.727. The van der Waals surface area contributed by atoms with Gasteiger partial charge in [-0.2, -0.15) is 0 Å². The highest BCUT2D eigenvalue weighted by atomic mass is 19.1. The zero-order valence-electron chi connectivity index (χ0n) is 16.6. The van der Waals surface area contributed by atoms with Crippen molar-refractivity contribution in [2.75, 3.05) is 6.61 Å². The van der Waals surface area contributed by atoms with Crippen molar-refractivity contribution in [3.05, 3.63) is 23.8 Å². The quantitative estimate of drug-likeness (QED) is 0.666. The molecule has 0 saturated heterocycles. The molecule has 0 spiro atoms. The van der Waals surface area contributed by atoms with E-state index in [2.05, 4.69) is 0 Å². The zero-order chi connectivity index (χ0) is 20.6. The van der Waals surface area contributed by atoms with Crippen molar-refractivity contribution in [1.82, 2.24) is 0 Å². The summed E-state index contributed by atoms with van der Waals surface area (Å²) < 4.78 is 15.2. The maximum Gasteiger partial charge on any atom is 0.190 e. The molecule has 3 saturated carbocycles. The van der Waals surface area contributed by atoms with Gasteiger partial charge < -0.3 is 15.3 Å². The molecule has 3 fully saturated rings. The van der Waals surface area contributed by atoms with Crippen molar-refractivity contribution in [1.29, 1.82) is 0 Å². The summed E-state index contributed by atoms with van der Waals surface area (Å²) in [5.41, 5.74) is -3.00. The molecule has 154 valence electrons. The molecule has 0 aliphatic heterocycles. The van der Waals surface area contributed by atoms with Crippen LogP contribution in [-0.4, -0.2) is 51.4 Å². The fourth-order valence-corrected chi connectivity index (χ4v) is 7.38. The summed E-state index contributed by atoms with van der Waals surface area (Å²) in [5, 5.41) is 32.1. The van der Waals surface area contributed by atoms with Gasteiger partial charge in [0.05, 0.1) is 6.10 Å². The van der Waals surface area contributed by atoms with Crippen LogP contribution in [0.1, 0.15) is 40.0 Å². The summed E-state index contributed by atoms with van der Waals surface area (Å²) in [4.78, 5) is 24.4. The molecule has 4 aliphatic carbocycles. The topological polar surface area (TPSA) is 94.8 Å². The Bertz CT molecular complexity index is 790. The number of halogens is 1. The SMILES string of the molecule is C[C@@H]1C[C@H]2[C@@H]3C[C@H](F)C4=CC(=O)C=C[C@]4(C)[C@H]3C(O)C[C@]2(C)[C@@]1(O)C(=O)CO. The lowest BCUT2D eigenvalue weighted by molar-refractivity contribution is -0.185. The first-order valence-corrected chi connectivity index (χ1v) is 10.1. The molecule has 4 aliphatic rings. The van der Waals surface area contributed by atoms with E-state index in [9.17, 15) is 24.9 Å². The normalized spacial score (nSPS) is 52.5. The number of ketones is 2. The maximum absolute atomic E-state index is 15.2. The number of allylic oxidation sites excluding steroid dienone is 4. The van der Waals surface area contributed by atoms with Crippen LogP contribution in [0.25, 0.3) is 0 Å². The van der Waals surface area contributed by atoms with Gasteiger partial charge in [-0.1, -0.05) is 26.8 Å². The van der Waals surface area contributed by atoms with Gasteiger partial charge in [0.2, 0.25) is 0 Å². The molecule has 3 N–H and O–H groups in total. The monoisotopic (exact) mass is 392 g/mol. The molecule has 6 heteroatoms. The Kier molecular flexibility index (Phi) is 4.32. The second kappa shape index (κ2) is 6.07. The molecule has 0 aromatic carbocycles. The number of carbonyl (C=O) groups is 2. The molecular formula is C22H29FO5. The van der Waals surface area contributed by atoms with Crippen LogP contribution < -0.4 is 0 Å². The summed E-state index contributed by atoms with van der Waals surface area (Å²) in [6.07, 6.45) is 3.29. The van der Waals surface area contributed by atoms with Gasteiger partial charge in [-0.25, -0.2) is 4.39 Å². The summed E-state index contributed by atoms with van der Waals surface area (Å²) >= 11 is 0. The van der Waals surface area contributed by atoms with E-state index in [0.717, 1.165) is 0 Å². The van der Waals surface area contributed by atoms with Crippen LogP contribution in [0.4, 0.5) is 4.39 Å². The van der Waals surface area contributed by atoms with Crippen molar-refractivity contribution in [3.63, 3.8) is 0 Å². The minimum Gasteiger partial charge on any atom is -0.393 e. The third-order valence-electron chi connectivity index (χ3n) is 8.63. The Morgan fingerprint density at radius 1 is 1.32 bits per heavy atom. The highest BCUT2D eigenvalue weighted by Crippen LogP contribution is 2.68. The van der Waals surface area contributed by atoms with Crippen LogP contribution >= 0.6 is 0 Å². The first kappa shape index (κ1) is 19.9. The Hall–Kier alpha value is -1.37. The van der Waals surface area contributed by atoms with Crippen molar-refractivity contribution < 1.29 is 29.3 Å². The van der Waals surface area contributed by atoms with Crippen LogP contribution in [0.5, 0.6) is 0 Å². The van der Waals surface area contributed by atoms with Gasteiger partial charge in [-0.3, -0.25) is 9.59 Å². The van der Waals surface area contributed by atoms with Gasteiger partial charge in [-0.05, 0) is 54.7 Å². The summed E-state index contributed by atoms with van der Waals surface area (Å²) in [6, 6.07) is 0. The van der Waals surface area contributed by atoms with Crippen molar-refractivity contribution in [2.45, 2.75) is 57.9 Å². The average molecular weight is 392 g/mol. The van der Waals surface area contributed by atoms with Crippen LogP contribution in [0.15, 0.2) is 23.8 Å². The number of Topliss-reactive ketones (excluding diaryl/α,β-unsaturated/α-hetero) is 1. The Labute approximate surface area is 164 Å². The van der Waals surface area contributed by atoms with Crippen molar-refractivity contribution in [3.8, 4) is 0 Å². The first-order chi connectivity index (χ1) is 13.0. The van der Waals surface area contributed by atoms with E-state index < -0.39 is 41.1 Å². The molecule has 4 rings (SSSR count). The number of alkyl halides is 1. The average Bonchev–Trinajstić information content (AvgIpc) is 2.83. The molecule has 0 radical (unpaired) electrons. The van der Waals surface area contributed by atoms with E-state index in [1.54, 1.807) is 19.9 Å². The number of carbonyl (C=O) groups excluding carboxylic acids is 2. The van der Waals surface area contributed by atoms with Crippen LogP contribution in [-0.2, 0) is 9.59 Å². The van der Waals surface area contributed by atoms with Gasteiger partial charge in [0.25, 0.3) is 0 Å². The highest BCUT2D eigenvalue weighted by molar-refractivity contribution is 6.01. The molecule has 0 amide bonds. The minimum absolute atomic E-state index is 0.154. The predicted molar refractivity (Wildman–Crippen MR) is 99.9 cm³/mol. The second-order valence-electron chi connectivity index (χ2n) is 9.79. The van der Waals surface area contributed by atoms with E-state index in [1.807, 2.05) is 6.92 Å². The molecule has 0 aromatic heterocycles. The molecule has 5 nitrogen and oxygen atoms in total. The van der Waals surface area contributed by atoms with Gasteiger partial charge in [0, 0.05) is 16.7 Å². The third kappa shape index (κ3) is 2.22. The van der Waals surface area contributed by atoms with Gasteiger partial charge in [0.15, 0.2) is 11.6 Å². The molecule has 1 unspecified atom stereocenters. The van der Waals surface area contributed by atoms with Crippen LogP contribution in [0.3, 0.4) is 0 Å². The number of aliphatic hydroxyl groups is 3. The van der Waals surface area contributed by atoms with E-state index in [1.165, 1.54) is 12.2 Å². The number of hydrogen-bond donors (Lipinski definition) is 3. The molecule has 0 heterocycles. The Morgan fingerprint density at radius 2 is 2.00 bits per heavy atom. The van der Waals surface area contributed by atoms with Gasteiger partial charge in [0.1, 0.15) is 18.4 Å². The van der Waals surface area contributed by atoms with E-state index in [-0.39, 0.29) is 42.3 Å². The fourth-order valence-electron chi connectivity index (χ4n) is 7.38. The standard InChI is InChI=1S/C22H29FO5/c1-11-6-14-13-8-16(23)15-7-12(25)4-5-20(15,2)19(13)17(26)9-21(14,3)22(11,28)18(27)10-24/h4-5,7,11,13-14,16-17,19,24,26,28H,6,8-10H2,1-3H3/t11-,13+,14+,16+,17?,19-,20+,21+,22+/m1/s1. The molecule has 9 atom stereocenters. The number of rotatable bonds is 2. The number of hydrogen-bond acceptors (Lipinski definition) is 5. The molecular weight excluding hydrogens is 363 g/mol. The number of aliphatic hydroxyl groups excluding tert-OH is 2. The lowest BCUT2D eigenvalue weighted by Crippen LogP contribution is -2.63. The maximum atomic E-state index is 15.2. The first-order valence-electron chi connectivity index (χ1n) is 10.1. The number of fused-ring (bicyclic) bond motifs is 5. The van der Waals surface area contributed by atoms with E-state index in [4.69, 9.17) is 0 Å². The van der Waals surface area contributed by atoms with E-state index >= 15 is 4.39 Å². The predicted octanol–water partition coefficient (Wildman–Crippen LogP) is 1.75. The van der Waals surface area contributed by atoms with Crippen molar-refractivity contribution >= 4 is 11.6 Å².